The number of aromatic nitrogens is 1. The predicted molar refractivity (Wildman–Crippen MR) is 87.2 cm³/mol. The molecule has 2 aromatic rings. The van der Waals surface area contributed by atoms with Crippen LogP contribution >= 0.6 is 0 Å². The zero-order valence-electron chi connectivity index (χ0n) is 12.7. The Morgan fingerprint density at radius 1 is 1.32 bits per heavy atom. The first-order chi connectivity index (χ1) is 10.6. The van der Waals surface area contributed by atoms with Crippen molar-refractivity contribution in [2.75, 3.05) is 19.6 Å². The molecule has 22 heavy (non-hydrogen) atoms. The highest BCUT2D eigenvalue weighted by Crippen LogP contribution is 2.24. The third-order valence-electron chi connectivity index (χ3n) is 4.21. The maximum Gasteiger partial charge on any atom is 0.243 e. The lowest BCUT2D eigenvalue weighted by Gasteiger charge is -2.28. The Morgan fingerprint density at radius 3 is 3.00 bits per heavy atom. The number of nitrogens with zero attached hydrogens (tertiary/aromatic N) is 2. The molecule has 1 aliphatic heterocycles. The first-order valence-electron chi connectivity index (χ1n) is 7.69. The van der Waals surface area contributed by atoms with Gasteiger partial charge in [0.05, 0.1) is 4.90 Å². The van der Waals surface area contributed by atoms with Gasteiger partial charge in [0.25, 0.3) is 0 Å². The van der Waals surface area contributed by atoms with E-state index in [-0.39, 0.29) is 6.04 Å². The molecule has 1 atom stereocenters. The fourth-order valence-corrected chi connectivity index (χ4v) is 4.71. The molecule has 0 saturated carbocycles. The van der Waals surface area contributed by atoms with E-state index in [4.69, 9.17) is 0 Å². The lowest BCUT2D eigenvalue weighted by molar-refractivity contribution is 0.327. The monoisotopic (exact) mass is 319 g/mol. The number of pyridine rings is 1. The number of rotatable bonds is 3. The highest BCUT2D eigenvalue weighted by molar-refractivity contribution is 7.89. The second kappa shape index (κ2) is 6.32. The lowest BCUT2D eigenvalue weighted by atomic mass is 10.2. The zero-order valence-corrected chi connectivity index (χ0v) is 13.5. The van der Waals surface area contributed by atoms with Crippen LogP contribution in [0.3, 0.4) is 0 Å². The summed E-state index contributed by atoms with van der Waals surface area (Å²) in [5, 5.41) is 5.17. The summed E-state index contributed by atoms with van der Waals surface area (Å²) in [6.07, 6.45) is 5.08. The van der Waals surface area contributed by atoms with E-state index >= 15 is 0 Å². The van der Waals surface area contributed by atoms with Crippen LogP contribution in [0.4, 0.5) is 0 Å². The third kappa shape index (κ3) is 2.86. The molecule has 3 rings (SSSR count). The van der Waals surface area contributed by atoms with Crippen LogP contribution in [0.2, 0.25) is 0 Å². The lowest BCUT2D eigenvalue weighted by Crippen LogP contribution is -2.43. The minimum absolute atomic E-state index is 0.0145. The molecular formula is C16H21N3O2S. The molecule has 6 heteroatoms. The van der Waals surface area contributed by atoms with E-state index in [0.29, 0.717) is 18.0 Å². The van der Waals surface area contributed by atoms with E-state index in [9.17, 15) is 8.42 Å². The van der Waals surface area contributed by atoms with Crippen molar-refractivity contribution < 1.29 is 8.42 Å². The molecule has 0 spiro atoms. The van der Waals surface area contributed by atoms with E-state index in [2.05, 4.69) is 10.3 Å². The van der Waals surface area contributed by atoms with Crippen molar-refractivity contribution in [2.24, 2.45) is 0 Å². The summed E-state index contributed by atoms with van der Waals surface area (Å²) in [4.78, 5) is 4.43. The molecule has 1 aromatic heterocycles. The van der Waals surface area contributed by atoms with Gasteiger partial charge in [-0.05, 0) is 43.0 Å². The van der Waals surface area contributed by atoms with Gasteiger partial charge in [-0.15, -0.1) is 0 Å². The SMILES string of the molecule is CC[C@@H]1CNCCCN1S(=O)(=O)c1ccc2cnccc2c1. The minimum atomic E-state index is -3.47. The smallest absolute Gasteiger partial charge is 0.243 e. The van der Waals surface area contributed by atoms with E-state index in [1.165, 1.54) is 0 Å². The summed E-state index contributed by atoms with van der Waals surface area (Å²) in [5.41, 5.74) is 0. The Balaban J connectivity index is 2.02. The number of hydrogen-bond donors (Lipinski definition) is 1. The fraction of sp³-hybridized carbons (Fsp3) is 0.438. The molecule has 0 amide bonds. The van der Waals surface area contributed by atoms with Gasteiger partial charge in [-0.1, -0.05) is 13.0 Å². The van der Waals surface area contributed by atoms with E-state index in [1.54, 1.807) is 28.8 Å². The summed E-state index contributed by atoms with van der Waals surface area (Å²) in [6, 6.07) is 7.12. The second-order valence-electron chi connectivity index (χ2n) is 5.62. The molecule has 2 heterocycles. The van der Waals surface area contributed by atoms with Crippen LogP contribution in [0.1, 0.15) is 19.8 Å². The zero-order chi connectivity index (χ0) is 15.6. The van der Waals surface area contributed by atoms with Crippen LogP contribution in [-0.2, 0) is 10.0 Å². The Morgan fingerprint density at radius 2 is 2.18 bits per heavy atom. The van der Waals surface area contributed by atoms with Gasteiger partial charge in [-0.2, -0.15) is 4.31 Å². The molecule has 1 aliphatic rings. The first-order valence-corrected chi connectivity index (χ1v) is 9.13. The Bertz CT molecular complexity index is 761. The van der Waals surface area contributed by atoms with Crippen LogP contribution in [-0.4, -0.2) is 43.4 Å². The van der Waals surface area contributed by atoms with Crippen molar-refractivity contribution in [3.05, 3.63) is 36.7 Å². The van der Waals surface area contributed by atoms with Gasteiger partial charge in [0.1, 0.15) is 0 Å². The normalized spacial score (nSPS) is 20.9. The highest BCUT2D eigenvalue weighted by atomic mass is 32.2. The molecule has 1 N–H and O–H groups in total. The van der Waals surface area contributed by atoms with Gasteiger partial charge in [0.15, 0.2) is 0 Å². The summed E-state index contributed by atoms with van der Waals surface area (Å²) in [7, 11) is -3.47. The molecular weight excluding hydrogens is 298 g/mol. The second-order valence-corrected chi connectivity index (χ2v) is 7.51. The summed E-state index contributed by atoms with van der Waals surface area (Å²) < 4.78 is 27.7. The average Bonchev–Trinajstić information content (AvgIpc) is 2.80. The van der Waals surface area contributed by atoms with Crippen LogP contribution in [0.25, 0.3) is 10.8 Å². The highest BCUT2D eigenvalue weighted by Gasteiger charge is 2.31. The Kier molecular flexibility index (Phi) is 4.42. The molecule has 0 unspecified atom stereocenters. The summed E-state index contributed by atoms with van der Waals surface area (Å²) >= 11 is 0. The average molecular weight is 319 g/mol. The van der Waals surface area contributed by atoms with Gasteiger partial charge in [0, 0.05) is 36.9 Å². The fourth-order valence-electron chi connectivity index (χ4n) is 2.93. The number of benzene rings is 1. The standard InChI is InChI=1S/C16H21N3O2S/c1-2-15-12-17-7-3-9-19(15)22(20,21)16-5-4-14-11-18-8-6-13(14)10-16/h4-6,8,10-11,15,17H,2-3,7,9,12H2,1H3/t15-/m1/s1. The topological polar surface area (TPSA) is 62.3 Å². The Labute approximate surface area is 131 Å². The molecule has 1 fully saturated rings. The maximum absolute atomic E-state index is 13.0. The number of nitrogens with one attached hydrogen (secondary N) is 1. The number of hydrogen-bond acceptors (Lipinski definition) is 4. The molecule has 1 aromatic carbocycles. The third-order valence-corrected chi connectivity index (χ3v) is 6.16. The summed E-state index contributed by atoms with van der Waals surface area (Å²) in [5.74, 6) is 0. The van der Waals surface area contributed by atoms with Crippen molar-refractivity contribution in [1.29, 1.82) is 0 Å². The Hall–Kier alpha value is -1.50. The van der Waals surface area contributed by atoms with Crippen molar-refractivity contribution in [1.82, 2.24) is 14.6 Å². The van der Waals surface area contributed by atoms with Crippen LogP contribution in [0.15, 0.2) is 41.6 Å². The maximum atomic E-state index is 13.0. The largest absolute Gasteiger partial charge is 0.315 e. The minimum Gasteiger partial charge on any atom is -0.315 e. The van der Waals surface area contributed by atoms with Gasteiger partial charge in [-0.3, -0.25) is 4.98 Å². The first kappa shape index (κ1) is 15.4. The van der Waals surface area contributed by atoms with E-state index in [1.807, 2.05) is 19.1 Å². The molecule has 5 nitrogen and oxygen atoms in total. The van der Waals surface area contributed by atoms with Gasteiger partial charge in [0.2, 0.25) is 10.0 Å². The van der Waals surface area contributed by atoms with Gasteiger partial charge >= 0.3 is 0 Å². The van der Waals surface area contributed by atoms with Crippen molar-refractivity contribution in [2.45, 2.75) is 30.7 Å². The van der Waals surface area contributed by atoms with E-state index < -0.39 is 10.0 Å². The predicted octanol–water partition coefficient (Wildman–Crippen LogP) is 2.00. The quantitative estimate of drug-likeness (QED) is 0.940. The van der Waals surface area contributed by atoms with Crippen molar-refractivity contribution >= 4 is 20.8 Å². The van der Waals surface area contributed by atoms with Crippen molar-refractivity contribution in [3.63, 3.8) is 0 Å². The molecule has 0 aliphatic carbocycles. The van der Waals surface area contributed by atoms with Gasteiger partial charge in [-0.25, -0.2) is 8.42 Å². The van der Waals surface area contributed by atoms with Crippen LogP contribution in [0.5, 0.6) is 0 Å². The molecule has 0 bridgehead atoms. The number of fused-ring (bicyclic) bond motifs is 1. The van der Waals surface area contributed by atoms with E-state index in [0.717, 1.165) is 30.2 Å². The molecule has 0 radical (unpaired) electrons. The van der Waals surface area contributed by atoms with Crippen LogP contribution in [0, 0.1) is 0 Å². The summed E-state index contributed by atoms with van der Waals surface area (Å²) in [6.45, 7) is 4.19. The van der Waals surface area contributed by atoms with Gasteiger partial charge < -0.3 is 5.32 Å². The van der Waals surface area contributed by atoms with Crippen molar-refractivity contribution in [3.8, 4) is 0 Å². The van der Waals surface area contributed by atoms with Crippen LogP contribution < -0.4 is 5.32 Å². The number of sulfonamides is 1. The molecule has 118 valence electrons. The molecule has 1 saturated heterocycles.